The third-order valence-corrected chi connectivity index (χ3v) is 5.57. The number of para-hydroxylation sites is 1. The Hall–Kier alpha value is -3.01. The number of nitrogens with zero attached hydrogens (tertiary/aromatic N) is 3. The van der Waals surface area contributed by atoms with Crippen molar-refractivity contribution >= 4 is 22.3 Å². The number of hydrogen-bond acceptors (Lipinski definition) is 4. The van der Waals surface area contributed by atoms with Crippen molar-refractivity contribution in [2.75, 3.05) is 25.5 Å². The molecule has 0 bridgehead atoms. The predicted molar refractivity (Wildman–Crippen MR) is 107 cm³/mol. The van der Waals surface area contributed by atoms with E-state index >= 15 is 0 Å². The third-order valence-electron chi connectivity index (χ3n) is 5.57. The zero-order valence-electron chi connectivity index (χ0n) is 15.1. The summed E-state index contributed by atoms with van der Waals surface area (Å²) in [5, 5.41) is 13.2. The van der Waals surface area contributed by atoms with E-state index in [4.69, 9.17) is 5.10 Å². The number of benzene rings is 3. The highest BCUT2D eigenvalue weighted by atomic mass is 15.5. The van der Waals surface area contributed by atoms with Crippen LogP contribution in [0.25, 0.3) is 10.8 Å². The molecule has 0 saturated carbocycles. The fourth-order valence-electron chi connectivity index (χ4n) is 4.09. The van der Waals surface area contributed by atoms with Crippen molar-refractivity contribution < 1.29 is 0 Å². The highest BCUT2D eigenvalue weighted by Gasteiger charge is 2.42. The molecule has 26 heavy (non-hydrogen) atoms. The molecule has 0 spiro atoms. The lowest BCUT2D eigenvalue weighted by molar-refractivity contribution is 0.167. The summed E-state index contributed by atoms with van der Waals surface area (Å²) in [5.41, 5.74) is 3.21. The fourth-order valence-corrected chi connectivity index (χ4v) is 4.09. The van der Waals surface area contributed by atoms with Crippen LogP contribution >= 0.6 is 0 Å². The predicted octanol–water partition coefficient (Wildman–Crippen LogP) is 4.05. The summed E-state index contributed by atoms with van der Waals surface area (Å²) in [6.45, 7) is 4.10. The van der Waals surface area contributed by atoms with Crippen LogP contribution in [0.4, 0.5) is 5.69 Å². The smallest absolute Gasteiger partial charge is 0.160 e. The first-order chi connectivity index (χ1) is 12.6. The van der Waals surface area contributed by atoms with E-state index in [2.05, 4.69) is 83.9 Å². The molecule has 0 fully saturated rings. The average molecular weight is 342 g/mol. The Morgan fingerprint density at radius 3 is 2.58 bits per heavy atom. The minimum absolute atomic E-state index is 0.335. The number of fused-ring (bicyclic) bond motifs is 4. The number of hydrogen-bond donors (Lipinski definition) is 1. The standard InChI is InChI=1S/C22H22N4/c1-22(18-12-11-16-7-3-4-8-17(16)15-18)23-20-10-6-5-9-19(20)21-24-25(2)13-14-26(21)22/h3-12,15,23H,13-14H2,1-2H3. The molecule has 0 amide bonds. The summed E-state index contributed by atoms with van der Waals surface area (Å²) >= 11 is 0. The Bertz CT molecular complexity index is 1030. The van der Waals surface area contributed by atoms with Crippen LogP contribution in [-0.4, -0.2) is 35.9 Å². The van der Waals surface area contributed by atoms with Gasteiger partial charge in [-0.25, -0.2) is 0 Å². The molecular formula is C22H22N4. The molecule has 1 atom stereocenters. The van der Waals surface area contributed by atoms with Gasteiger partial charge in [0.05, 0.1) is 6.54 Å². The van der Waals surface area contributed by atoms with Gasteiger partial charge in [0, 0.05) is 24.8 Å². The van der Waals surface area contributed by atoms with E-state index < -0.39 is 0 Å². The first-order valence-electron chi connectivity index (χ1n) is 9.09. The van der Waals surface area contributed by atoms with Crippen LogP contribution in [0.5, 0.6) is 0 Å². The Morgan fingerprint density at radius 1 is 0.923 bits per heavy atom. The molecule has 3 aromatic rings. The monoisotopic (exact) mass is 342 g/mol. The molecule has 2 heterocycles. The molecule has 5 rings (SSSR count). The molecule has 4 nitrogen and oxygen atoms in total. The van der Waals surface area contributed by atoms with Gasteiger partial charge in [-0.2, -0.15) is 5.10 Å². The lowest BCUT2D eigenvalue weighted by Crippen LogP contribution is -2.59. The Morgan fingerprint density at radius 2 is 1.69 bits per heavy atom. The summed E-state index contributed by atoms with van der Waals surface area (Å²) in [6.07, 6.45) is 0. The minimum atomic E-state index is -0.335. The van der Waals surface area contributed by atoms with E-state index in [1.807, 2.05) is 12.1 Å². The SMILES string of the molecule is CN1CCN2C(=N1)c1ccccc1NC2(C)c1ccc2ccccc2c1. The van der Waals surface area contributed by atoms with E-state index in [-0.39, 0.29) is 5.66 Å². The molecule has 1 unspecified atom stereocenters. The first-order valence-corrected chi connectivity index (χ1v) is 9.09. The lowest BCUT2D eigenvalue weighted by atomic mass is 9.91. The first kappa shape index (κ1) is 15.3. The highest BCUT2D eigenvalue weighted by Crippen LogP contribution is 2.39. The van der Waals surface area contributed by atoms with Crippen molar-refractivity contribution in [2.45, 2.75) is 12.6 Å². The Balaban J connectivity index is 1.71. The van der Waals surface area contributed by atoms with Crippen LogP contribution in [0, 0.1) is 0 Å². The van der Waals surface area contributed by atoms with Crippen molar-refractivity contribution in [2.24, 2.45) is 5.10 Å². The van der Waals surface area contributed by atoms with Crippen LogP contribution in [0.3, 0.4) is 0 Å². The highest BCUT2D eigenvalue weighted by molar-refractivity contribution is 6.06. The zero-order valence-corrected chi connectivity index (χ0v) is 15.1. The fraction of sp³-hybridized carbons (Fsp3) is 0.227. The molecule has 0 aliphatic carbocycles. The maximum atomic E-state index is 4.86. The molecule has 2 aliphatic heterocycles. The van der Waals surface area contributed by atoms with Gasteiger partial charge >= 0.3 is 0 Å². The topological polar surface area (TPSA) is 30.9 Å². The van der Waals surface area contributed by atoms with Crippen molar-refractivity contribution in [3.63, 3.8) is 0 Å². The number of nitrogens with one attached hydrogen (secondary N) is 1. The van der Waals surface area contributed by atoms with Gasteiger partial charge in [0.15, 0.2) is 5.84 Å². The summed E-state index contributed by atoms with van der Waals surface area (Å²) < 4.78 is 0. The van der Waals surface area contributed by atoms with Crippen molar-refractivity contribution in [1.29, 1.82) is 0 Å². The Labute approximate surface area is 153 Å². The van der Waals surface area contributed by atoms with Crippen LogP contribution in [0.15, 0.2) is 71.8 Å². The van der Waals surface area contributed by atoms with Crippen molar-refractivity contribution in [1.82, 2.24) is 9.91 Å². The average Bonchev–Trinajstić information content (AvgIpc) is 2.67. The van der Waals surface area contributed by atoms with E-state index in [9.17, 15) is 0 Å². The van der Waals surface area contributed by atoms with Crippen LogP contribution < -0.4 is 5.32 Å². The lowest BCUT2D eigenvalue weighted by Gasteiger charge is -2.50. The molecular weight excluding hydrogens is 320 g/mol. The molecule has 2 aliphatic rings. The van der Waals surface area contributed by atoms with Gasteiger partial charge in [-0.3, -0.25) is 5.01 Å². The van der Waals surface area contributed by atoms with E-state index in [0.717, 1.165) is 30.2 Å². The number of likely N-dealkylation sites (N-methyl/N-ethyl adjacent to an activating group) is 1. The summed E-state index contributed by atoms with van der Waals surface area (Å²) in [6, 6.07) is 23.7. The second kappa shape index (κ2) is 5.49. The third kappa shape index (κ3) is 2.18. The normalized spacial score (nSPS) is 21.7. The second-order valence-electron chi connectivity index (χ2n) is 7.26. The van der Waals surface area contributed by atoms with Crippen molar-refractivity contribution in [3.05, 3.63) is 77.9 Å². The Kier molecular flexibility index (Phi) is 3.23. The molecule has 0 radical (unpaired) electrons. The molecule has 0 saturated heterocycles. The second-order valence-corrected chi connectivity index (χ2v) is 7.26. The number of anilines is 1. The van der Waals surface area contributed by atoms with Gasteiger partial charge in [0.1, 0.15) is 5.66 Å². The van der Waals surface area contributed by atoms with E-state index in [0.29, 0.717) is 0 Å². The molecule has 1 N–H and O–H groups in total. The minimum Gasteiger partial charge on any atom is -0.359 e. The van der Waals surface area contributed by atoms with Gasteiger partial charge in [-0.05, 0) is 41.5 Å². The van der Waals surface area contributed by atoms with Gasteiger partial charge in [-0.15, -0.1) is 0 Å². The molecule has 0 aromatic heterocycles. The van der Waals surface area contributed by atoms with Crippen LogP contribution in [0.2, 0.25) is 0 Å². The van der Waals surface area contributed by atoms with Gasteiger partial charge in [-0.1, -0.05) is 48.5 Å². The quantitative estimate of drug-likeness (QED) is 0.724. The molecule has 3 aromatic carbocycles. The largest absolute Gasteiger partial charge is 0.359 e. The van der Waals surface area contributed by atoms with E-state index in [1.165, 1.54) is 16.3 Å². The van der Waals surface area contributed by atoms with Gasteiger partial charge in [0.25, 0.3) is 0 Å². The summed E-state index contributed by atoms with van der Waals surface area (Å²) in [7, 11) is 2.04. The molecule has 4 heteroatoms. The summed E-state index contributed by atoms with van der Waals surface area (Å²) in [4.78, 5) is 2.40. The van der Waals surface area contributed by atoms with Crippen LogP contribution in [0.1, 0.15) is 18.1 Å². The number of rotatable bonds is 1. The zero-order chi connectivity index (χ0) is 17.7. The number of amidine groups is 1. The maximum Gasteiger partial charge on any atom is 0.160 e. The van der Waals surface area contributed by atoms with Gasteiger partial charge < -0.3 is 10.2 Å². The van der Waals surface area contributed by atoms with E-state index in [1.54, 1.807) is 0 Å². The van der Waals surface area contributed by atoms with Gasteiger partial charge in [0.2, 0.25) is 0 Å². The van der Waals surface area contributed by atoms with Crippen LogP contribution in [-0.2, 0) is 5.66 Å². The molecule has 130 valence electrons. The van der Waals surface area contributed by atoms with Crippen molar-refractivity contribution in [3.8, 4) is 0 Å². The number of hydrazone groups is 1. The summed E-state index contributed by atoms with van der Waals surface area (Å²) in [5.74, 6) is 1.05. The maximum absolute atomic E-state index is 4.86.